The average molecular weight is 470 g/mol. The number of fused-ring (bicyclic) bond motifs is 1. The van der Waals surface area contributed by atoms with Crippen molar-refractivity contribution in [1.82, 2.24) is 24.7 Å². The highest BCUT2D eigenvalue weighted by atomic mass is 35.5. The Hall–Kier alpha value is -1.91. The summed E-state index contributed by atoms with van der Waals surface area (Å²) in [5, 5.41) is 13.5. The lowest BCUT2D eigenvalue weighted by atomic mass is 10.2. The topological polar surface area (TPSA) is 72.6 Å². The first-order valence-corrected chi connectivity index (χ1v) is 11.7. The number of amides is 1. The molecule has 1 fully saturated rings. The molecule has 0 spiro atoms. The predicted octanol–water partition coefficient (Wildman–Crippen LogP) is 5.34. The Balaban J connectivity index is 1.53. The van der Waals surface area contributed by atoms with Gasteiger partial charge < -0.3 is 4.74 Å². The third-order valence-electron chi connectivity index (χ3n) is 4.58. The smallest absolute Gasteiger partial charge is 0.410 e. The van der Waals surface area contributed by atoms with E-state index in [9.17, 15) is 9.18 Å². The van der Waals surface area contributed by atoms with Gasteiger partial charge in [0.1, 0.15) is 11.4 Å². The first-order valence-electron chi connectivity index (χ1n) is 9.50. The molecule has 0 N–H and O–H groups in total. The molecule has 0 bridgehead atoms. The minimum Gasteiger partial charge on any atom is -0.444 e. The second kappa shape index (κ2) is 8.32. The number of hydrogen-bond donors (Lipinski definition) is 0. The molecule has 1 saturated heterocycles. The first kappa shape index (κ1) is 21.3. The Morgan fingerprint density at radius 3 is 2.93 bits per heavy atom. The Morgan fingerprint density at radius 1 is 1.40 bits per heavy atom. The number of ether oxygens (including phenoxy) is 1. The molecular formula is C19H21ClFN5O2S2. The SMILES string of the molecule is CC(C)(C)OC(=O)N1CCCC1c1nnc2sc(SCc3c(F)cccc3Cl)nn12. The van der Waals surface area contributed by atoms with E-state index in [1.54, 1.807) is 21.5 Å². The van der Waals surface area contributed by atoms with Crippen LogP contribution in [-0.4, -0.2) is 43.0 Å². The van der Waals surface area contributed by atoms with Crippen molar-refractivity contribution < 1.29 is 13.9 Å². The Labute approximate surface area is 186 Å². The fraction of sp³-hybridized carbons (Fsp3) is 0.474. The van der Waals surface area contributed by atoms with Crippen LogP contribution in [0.5, 0.6) is 0 Å². The van der Waals surface area contributed by atoms with Crippen molar-refractivity contribution in [3.8, 4) is 0 Å². The van der Waals surface area contributed by atoms with Gasteiger partial charge in [-0.05, 0) is 45.7 Å². The van der Waals surface area contributed by atoms with Crippen LogP contribution in [0.4, 0.5) is 9.18 Å². The maximum atomic E-state index is 14.0. The monoisotopic (exact) mass is 469 g/mol. The quantitative estimate of drug-likeness (QED) is 0.480. The molecule has 1 aromatic carbocycles. The van der Waals surface area contributed by atoms with Gasteiger partial charge in [0.05, 0.1) is 6.04 Å². The Kier molecular flexibility index (Phi) is 5.91. The van der Waals surface area contributed by atoms with Crippen LogP contribution in [0.2, 0.25) is 5.02 Å². The Bertz CT molecular complexity index is 1060. The number of nitrogens with zero attached hydrogens (tertiary/aromatic N) is 5. The molecule has 3 heterocycles. The average Bonchev–Trinajstić information content (AvgIpc) is 3.34. The van der Waals surface area contributed by atoms with Gasteiger partial charge in [-0.15, -0.1) is 15.3 Å². The van der Waals surface area contributed by atoms with Gasteiger partial charge in [0, 0.05) is 22.9 Å². The van der Waals surface area contributed by atoms with E-state index in [-0.39, 0.29) is 18.0 Å². The van der Waals surface area contributed by atoms with Gasteiger partial charge >= 0.3 is 6.09 Å². The summed E-state index contributed by atoms with van der Waals surface area (Å²) < 4.78 is 21.9. The number of likely N-dealkylation sites (tertiary alicyclic amines) is 1. The summed E-state index contributed by atoms with van der Waals surface area (Å²) in [6.07, 6.45) is 1.27. The van der Waals surface area contributed by atoms with E-state index in [1.807, 2.05) is 20.8 Å². The fourth-order valence-electron chi connectivity index (χ4n) is 3.26. The van der Waals surface area contributed by atoms with Gasteiger partial charge in [0.2, 0.25) is 4.96 Å². The van der Waals surface area contributed by atoms with Crippen LogP contribution in [0.25, 0.3) is 4.96 Å². The number of benzene rings is 1. The molecule has 1 aliphatic rings. The van der Waals surface area contributed by atoms with Crippen molar-refractivity contribution in [2.45, 2.75) is 55.3 Å². The summed E-state index contributed by atoms with van der Waals surface area (Å²) in [5.74, 6) is 0.635. The standard InChI is InChI=1S/C19H21ClFN5O2S2/c1-19(2,3)28-18(27)25-9-5-8-14(25)15-22-23-16-26(15)24-17(30-16)29-10-11-12(20)6-4-7-13(11)21/h4,6-7,14H,5,8-10H2,1-3H3. The summed E-state index contributed by atoms with van der Waals surface area (Å²) >= 11 is 8.86. The lowest BCUT2D eigenvalue weighted by Crippen LogP contribution is -2.37. The summed E-state index contributed by atoms with van der Waals surface area (Å²) in [6, 6.07) is 4.40. The van der Waals surface area contributed by atoms with E-state index in [0.717, 1.165) is 17.2 Å². The van der Waals surface area contributed by atoms with Crippen LogP contribution >= 0.6 is 34.7 Å². The van der Waals surface area contributed by atoms with Crippen LogP contribution in [0.15, 0.2) is 22.5 Å². The minimum absolute atomic E-state index is 0.240. The summed E-state index contributed by atoms with van der Waals surface area (Å²) in [6.45, 7) is 6.14. The molecule has 1 unspecified atom stereocenters. The normalized spacial score (nSPS) is 17.1. The molecule has 1 atom stereocenters. The van der Waals surface area contributed by atoms with E-state index in [1.165, 1.54) is 29.2 Å². The van der Waals surface area contributed by atoms with Crippen LogP contribution < -0.4 is 0 Å². The second-order valence-electron chi connectivity index (χ2n) is 7.94. The first-order chi connectivity index (χ1) is 14.2. The van der Waals surface area contributed by atoms with Gasteiger partial charge in [0.25, 0.3) is 0 Å². The highest BCUT2D eigenvalue weighted by Gasteiger charge is 2.36. The Morgan fingerprint density at radius 2 is 2.20 bits per heavy atom. The number of hydrogen-bond acceptors (Lipinski definition) is 7. The third-order valence-corrected chi connectivity index (χ3v) is 6.99. The maximum absolute atomic E-state index is 14.0. The van der Waals surface area contributed by atoms with Gasteiger partial charge in [-0.3, -0.25) is 4.90 Å². The zero-order valence-corrected chi connectivity index (χ0v) is 19.2. The minimum atomic E-state index is -0.567. The zero-order chi connectivity index (χ0) is 21.5. The lowest BCUT2D eigenvalue weighted by molar-refractivity contribution is 0.0217. The number of halogens is 2. The van der Waals surface area contributed by atoms with Crippen LogP contribution in [0.3, 0.4) is 0 Å². The molecule has 160 valence electrons. The molecule has 0 aliphatic carbocycles. The van der Waals surface area contributed by atoms with Crippen LogP contribution in [0, 0.1) is 5.82 Å². The number of carbonyl (C=O) groups is 1. The van der Waals surface area contributed by atoms with Crippen molar-refractivity contribution >= 4 is 45.8 Å². The molecule has 30 heavy (non-hydrogen) atoms. The molecule has 3 aromatic rings. The summed E-state index contributed by atoms with van der Waals surface area (Å²) in [7, 11) is 0. The molecule has 2 aromatic heterocycles. The molecule has 1 amide bonds. The molecule has 1 aliphatic heterocycles. The number of carbonyl (C=O) groups excluding carboxylic acids is 1. The molecule has 7 nitrogen and oxygen atoms in total. The summed E-state index contributed by atoms with van der Waals surface area (Å²) in [5.41, 5.74) is -0.120. The maximum Gasteiger partial charge on any atom is 0.410 e. The van der Waals surface area contributed by atoms with E-state index >= 15 is 0 Å². The third kappa shape index (κ3) is 4.40. The number of thioether (sulfide) groups is 1. The van der Waals surface area contributed by atoms with Gasteiger partial charge in [-0.2, -0.15) is 4.52 Å². The second-order valence-corrected chi connectivity index (χ2v) is 10.5. The fourth-order valence-corrected chi connectivity index (χ4v) is 5.49. The van der Waals surface area contributed by atoms with Crippen molar-refractivity contribution in [1.29, 1.82) is 0 Å². The van der Waals surface area contributed by atoms with E-state index in [4.69, 9.17) is 16.3 Å². The van der Waals surface area contributed by atoms with E-state index < -0.39 is 5.60 Å². The number of rotatable bonds is 4. The largest absolute Gasteiger partial charge is 0.444 e. The van der Waals surface area contributed by atoms with Crippen molar-refractivity contribution in [2.75, 3.05) is 6.54 Å². The van der Waals surface area contributed by atoms with Gasteiger partial charge in [-0.1, -0.05) is 40.8 Å². The van der Waals surface area contributed by atoms with Gasteiger partial charge in [0.15, 0.2) is 10.2 Å². The molecule has 11 heteroatoms. The van der Waals surface area contributed by atoms with Crippen molar-refractivity contribution in [3.63, 3.8) is 0 Å². The predicted molar refractivity (Wildman–Crippen MR) is 115 cm³/mol. The van der Waals surface area contributed by atoms with E-state index in [2.05, 4.69) is 15.3 Å². The highest BCUT2D eigenvalue weighted by Crippen LogP contribution is 2.35. The van der Waals surface area contributed by atoms with Crippen LogP contribution in [-0.2, 0) is 10.5 Å². The zero-order valence-electron chi connectivity index (χ0n) is 16.8. The van der Waals surface area contributed by atoms with Gasteiger partial charge in [-0.25, -0.2) is 9.18 Å². The van der Waals surface area contributed by atoms with Crippen molar-refractivity contribution in [2.24, 2.45) is 0 Å². The molecular weight excluding hydrogens is 449 g/mol. The van der Waals surface area contributed by atoms with E-state index in [0.29, 0.717) is 33.7 Å². The molecule has 0 radical (unpaired) electrons. The molecule has 4 rings (SSSR count). The van der Waals surface area contributed by atoms with Crippen molar-refractivity contribution in [3.05, 3.63) is 40.4 Å². The summed E-state index contributed by atoms with van der Waals surface area (Å²) in [4.78, 5) is 14.9. The highest BCUT2D eigenvalue weighted by molar-refractivity contribution is 8.00. The number of aromatic nitrogens is 4. The molecule has 0 saturated carbocycles. The van der Waals surface area contributed by atoms with Crippen LogP contribution in [0.1, 0.15) is 51.0 Å². The lowest BCUT2D eigenvalue weighted by Gasteiger charge is -2.27.